The van der Waals surface area contributed by atoms with Crippen molar-refractivity contribution in [1.82, 2.24) is 4.98 Å². The van der Waals surface area contributed by atoms with Gasteiger partial charge in [-0.15, -0.1) is 0 Å². The number of nitrogens with zero attached hydrogens (tertiary/aromatic N) is 1. The van der Waals surface area contributed by atoms with Crippen molar-refractivity contribution in [1.29, 1.82) is 0 Å². The van der Waals surface area contributed by atoms with Crippen LogP contribution in [0.1, 0.15) is 36.4 Å². The van der Waals surface area contributed by atoms with Crippen LogP contribution in [0.25, 0.3) is 44.3 Å². The van der Waals surface area contributed by atoms with Crippen molar-refractivity contribution in [3.8, 4) is 22.4 Å². The minimum Gasteiger partial charge on any atom is -0.455 e. The average molecular weight is 382 g/mol. The van der Waals surface area contributed by atoms with Gasteiger partial charge in [-0.25, -0.2) is 0 Å². The molecule has 29 heavy (non-hydrogen) atoms. The van der Waals surface area contributed by atoms with Crippen LogP contribution < -0.4 is 0 Å². The Labute approximate surface area is 176 Å². The molecule has 0 amide bonds. The summed E-state index contributed by atoms with van der Waals surface area (Å²) in [6, 6.07) is 22.8. The van der Waals surface area contributed by atoms with Gasteiger partial charge in [0.15, 0.2) is 0 Å². The van der Waals surface area contributed by atoms with Crippen molar-refractivity contribution >= 4 is 21.9 Å². The molecule has 0 atom stereocenters. The van der Waals surface area contributed by atoms with Crippen LogP contribution in [0.3, 0.4) is 0 Å². The second kappa shape index (κ2) is 6.89. The zero-order valence-corrected chi connectivity index (χ0v) is 16.4. The van der Waals surface area contributed by atoms with E-state index in [1.165, 1.54) is 0 Å². The van der Waals surface area contributed by atoms with Crippen LogP contribution in [0.2, 0.25) is 0 Å². The van der Waals surface area contributed by atoms with Crippen LogP contribution in [0.15, 0.2) is 83.4 Å². The summed E-state index contributed by atoms with van der Waals surface area (Å²) in [4.78, 5) is 4.54. The number of aryl methyl sites for hydroxylation is 1. The molecule has 2 nitrogen and oxygen atoms in total. The number of aromatic nitrogens is 1. The molecule has 2 heterocycles. The molecule has 0 spiro atoms. The largest absolute Gasteiger partial charge is 0.455 e. The summed E-state index contributed by atoms with van der Waals surface area (Å²) in [6.45, 7) is 1.57. The van der Waals surface area contributed by atoms with Gasteiger partial charge in [0.2, 0.25) is 0 Å². The number of hydrogen-bond acceptors (Lipinski definition) is 2. The second-order valence-electron chi connectivity index (χ2n) is 7.51. The topological polar surface area (TPSA) is 26.0 Å². The van der Waals surface area contributed by atoms with Crippen molar-refractivity contribution in [2.45, 2.75) is 26.6 Å². The van der Waals surface area contributed by atoms with Crippen LogP contribution in [0, 0.1) is 6.85 Å². The first kappa shape index (κ1) is 13.7. The Morgan fingerprint density at radius 3 is 2.62 bits per heavy atom. The molecule has 0 aliphatic rings. The molecule has 0 N–H and O–H groups in total. The van der Waals surface area contributed by atoms with Gasteiger partial charge >= 0.3 is 0 Å². The number of furan rings is 1. The fraction of sp³-hybridized carbons (Fsp3) is 0.148. The molecule has 0 aliphatic heterocycles. The Balaban J connectivity index is 1.65. The SMILES string of the molecule is [2H]C([2H])([2H])c1cccc(-c2ccc3c(c2)oc2c(-c4cc(C([2H])(C)C)ccn4)cccc23)c1. The predicted octanol–water partition coefficient (Wildman–Crippen LogP) is 7.75. The molecule has 0 aliphatic carbocycles. The fourth-order valence-electron chi connectivity index (χ4n) is 3.77. The summed E-state index contributed by atoms with van der Waals surface area (Å²) in [5.74, 6) is -0.725. The van der Waals surface area contributed by atoms with Crippen molar-refractivity contribution < 1.29 is 9.90 Å². The number of benzene rings is 3. The van der Waals surface area contributed by atoms with E-state index >= 15 is 0 Å². The first-order chi connectivity index (χ1) is 15.6. The number of hydrogen-bond donors (Lipinski definition) is 0. The number of para-hydroxylation sites is 1. The number of pyridine rings is 1. The Kier molecular flexibility index (Phi) is 3.26. The third kappa shape index (κ3) is 3.11. The van der Waals surface area contributed by atoms with Gasteiger partial charge in [0, 0.05) is 28.0 Å². The van der Waals surface area contributed by atoms with Gasteiger partial charge in [0.1, 0.15) is 11.2 Å². The molecule has 0 bridgehead atoms. The number of rotatable bonds is 3. The van der Waals surface area contributed by atoms with Crippen LogP contribution in [0.5, 0.6) is 0 Å². The highest BCUT2D eigenvalue weighted by atomic mass is 16.3. The van der Waals surface area contributed by atoms with E-state index in [4.69, 9.17) is 9.90 Å². The summed E-state index contributed by atoms with van der Waals surface area (Å²) >= 11 is 0. The molecule has 5 aromatic rings. The summed E-state index contributed by atoms with van der Waals surface area (Å²) in [5, 5.41) is 1.97. The maximum atomic E-state index is 8.36. The molecule has 0 fully saturated rings. The molecule has 5 rings (SSSR count). The molecule has 2 aromatic heterocycles. The average Bonchev–Trinajstić information content (AvgIpc) is 3.16. The van der Waals surface area contributed by atoms with E-state index in [0.29, 0.717) is 5.56 Å². The molecule has 3 aromatic carbocycles. The third-order valence-corrected chi connectivity index (χ3v) is 5.31. The highest BCUT2D eigenvalue weighted by molar-refractivity contribution is 6.10. The van der Waals surface area contributed by atoms with Crippen molar-refractivity contribution in [3.63, 3.8) is 0 Å². The lowest BCUT2D eigenvalue weighted by molar-refractivity contribution is 0.670. The lowest BCUT2D eigenvalue weighted by Gasteiger charge is -2.07. The van der Waals surface area contributed by atoms with Gasteiger partial charge in [-0.2, -0.15) is 0 Å². The van der Waals surface area contributed by atoms with Crippen LogP contribution >= 0.6 is 0 Å². The maximum Gasteiger partial charge on any atom is 0.144 e. The maximum absolute atomic E-state index is 8.36. The molecule has 0 saturated heterocycles. The lowest BCUT2D eigenvalue weighted by atomic mass is 10.00. The normalized spacial score (nSPS) is 14.4. The summed E-state index contributed by atoms with van der Waals surface area (Å²) in [6.07, 6.45) is 1.73. The highest BCUT2D eigenvalue weighted by Gasteiger charge is 2.14. The molecule has 0 radical (unpaired) electrons. The van der Waals surface area contributed by atoms with Gasteiger partial charge in [0.25, 0.3) is 0 Å². The lowest BCUT2D eigenvalue weighted by Crippen LogP contribution is -1.90. The van der Waals surface area contributed by atoms with Gasteiger partial charge in [-0.05, 0) is 59.8 Å². The first-order valence-electron chi connectivity index (χ1n) is 11.6. The molecule has 0 saturated carbocycles. The molecule has 142 valence electrons. The van der Waals surface area contributed by atoms with Crippen LogP contribution in [-0.4, -0.2) is 4.98 Å². The Bertz CT molecular complexity index is 1490. The van der Waals surface area contributed by atoms with Crippen molar-refractivity contribution in [2.75, 3.05) is 0 Å². The third-order valence-electron chi connectivity index (χ3n) is 5.31. The van der Waals surface area contributed by atoms with E-state index in [2.05, 4.69) is 4.98 Å². The van der Waals surface area contributed by atoms with E-state index < -0.39 is 12.7 Å². The summed E-state index contributed by atoms with van der Waals surface area (Å²) < 4.78 is 37.8. The fourth-order valence-corrected chi connectivity index (χ4v) is 3.77. The van der Waals surface area contributed by atoms with E-state index in [0.717, 1.165) is 49.9 Å². The zero-order chi connectivity index (χ0) is 23.4. The first-order valence-corrected chi connectivity index (χ1v) is 9.64. The van der Waals surface area contributed by atoms with E-state index in [1.807, 2.05) is 68.4 Å². The predicted molar refractivity (Wildman–Crippen MR) is 121 cm³/mol. The van der Waals surface area contributed by atoms with Crippen LogP contribution in [0.4, 0.5) is 0 Å². The van der Waals surface area contributed by atoms with Gasteiger partial charge in [-0.3, -0.25) is 4.98 Å². The van der Waals surface area contributed by atoms with Gasteiger partial charge in [0.05, 0.1) is 5.69 Å². The number of fused-ring (bicyclic) bond motifs is 3. The van der Waals surface area contributed by atoms with Crippen molar-refractivity contribution in [2.24, 2.45) is 0 Å². The van der Waals surface area contributed by atoms with Crippen LogP contribution in [-0.2, 0) is 0 Å². The van der Waals surface area contributed by atoms with E-state index in [-0.39, 0.29) is 0 Å². The molecular formula is C27H23NO. The molecule has 2 heteroatoms. The summed E-state index contributed by atoms with van der Waals surface area (Å²) in [7, 11) is 0. The molecular weight excluding hydrogens is 354 g/mol. The van der Waals surface area contributed by atoms with E-state index in [1.54, 1.807) is 24.4 Å². The summed E-state index contributed by atoms with van der Waals surface area (Å²) in [5.41, 5.74) is 6.04. The minimum atomic E-state index is -2.15. The zero-order valence-electron chi connectivity index (χ0n) is 20.4. The highest BCUT2D eigenvalue weighted by Crippen LogP contribution is 2.37. The quantitative estimate of drug-likeness (QED) is 0.319. The van der Waals surface area contributed by atoms with E-state index in [9.17, 15) is 0 Å². The van der Waals surface area contributed by atoms with Crippen molar-refractivity contribution in [3.05, 3.63) is 90.1 Å². The Morgan fingerprint density at radius 1 is 0.897 bits per heavy atom. The second-order valence-corrected chi connectivity index (χ2v) is 7.51. The Hall–Kier alpha value is -3.39. The van der Waals surface area contributed by atoms with Gasteiger partial charge < -0.3 is 4.42 Å². The van der Waals surface area contributed by atoms with Gasteiger partial charge in [-0.1, -0.05) is 61.9 Å². The smallest absolute Gasteiger partial charge is 0.144 e. The monoisotopic (exact) mass is 381 g/mol. The minimum absolute atomic E-state index is 0.315. The standard InChI is InChI=1S/C27H23NO/c1-17(2)19-12-13-28-25(15-19)24-9-5-8-23-22-11-10-21(16-26(22)29-27(23)24)20-7-4-6-18(3)14-20/h4-17H,1-3H3/i3D3,17D. The Morgan fingerprint density at radius 2 is 1.76 bits per heavy atom. The molecule has 0 unspecified atom stereocenters.